The number of benzene rings is 1. The van der Waals surface area contributed by atoms with Crippen LogP contribution in [-0.4, -0.2) is 13.9 Å². The second kappa shape index (κ2) is 7.74. The fraction of sp³-hybridized carbons (Fsp3) is 0.526. The molecule has 1 aromatic rings. The molecule has 0 aliphatic rings. The van der Waals surface area contributed by atoms with Gasteiger partial charge in [0.15, 0.2) is 0 Å². The van der Waals surface area contributed by atoms with E-state index in [0.717, 1.165) is 0 Å². The van der Waals surface area contributed by atoms with Gasteiger partial charge in [0.05, 0.1) is 0 Å². The third kappa shape index (κ3) is 4.30. The summed E-state index contributed by atoms with van der Waals surface area (Å²) >= 11 is 0. The van der Waals surface area contributed by atoms with Crippen molar-refractivity contribution in [2.24, 2.45) is 0 Å². The van der Waals surface area contributed by atoms with Crippen LogP contribution >= 0.6 is 0 Å². The molecular weight excluding hydrogens is 291 g/mol. The van der Waals surface area contributed by atoms with Crippen molar-refractivity contribution in [3.63, 3.8) is 0 Å². The maximum absolute atomic E-state index is 13.2. The molecule has 0 atom stereocenters. The van der Waals surface area contributed by atoms with E-state index in [0.29, 0.717) is 22.2 Å². The van der Waals surface area contributed by atoms with Gasteiger partial charge >= 0.3 is 0 Å². The first kappa shape index (κ1) is 18.6. The number of Topliss-reactive ketones (excluding diaryl/α,β-unsaturated/α-hetero) is 1. The summed E-state index contributed by atoms with van der Waals surface area (Å²) in [6.07, 6.45) is 0.184. The van der Waals surface area contributed by atoms with Crippen molar-refractivity contribution in [3.8, 4) is 11.5 Å². The molecule has 0 unspecified atom stereocenters. The molecule has 0 saturated carbocycles. The van der Waals surface area contributed by atoms with Crippen molar-refractivity contribution in [1.29, 1.82) is 0 Å². The minimum atomic E-state index is -1.87. The largest absolute Gasteiger partial charge is 0.285 e. The highest BCUT2D eigenvalue weighted by Crippen LogP contribution is 2.40. The highest BCUT2D eigenvalue weighted by Gasteiger charge is 2.41. The maximum atomic E-state index is 13.2. The van der Waals surface area contributed by atoms with Gasteiger partial charge in [0.1, 0.15) is 13.9 Å². The molecule has 1 rings (SSSR count). The van der Waals surface area contributed by atoms with Gasteiger partial charge in [-0.2, -0.15) is 0 Å². The summed E-state index contributed by atoms with van der Waals surface area (Å²) in [6, 6.07) is 6.17. The van der Waals surface area contributed by atoms with Crippen molar-refractivity contribution >= 4 is 13.9 Å². The van der Waals surface area contributed by atoms with Crippen LogP contribution in [0, 0.1) is 17.3 Å². The average Bonchev–Trinajstić information content (AvgIpc) is 2.37. The molecule has 3 heteroatoms. The summed E-state index contributed by atoms with van der Waals surface area (Å²) in [5.41, 5.74) is 5.60. The third-order valence-electron chi connectivity index (χ3n) is 4.54. The zero-order valence-electron chi connectivity index (χ0n) is 14.5. The minimum Gasteiger partial charge on any atom is -0.285 e. The number of hydrogen-bond acceptors (Lipinski definition) is 1. The molecule has 120 valence electrons. The molecule has 22 heavy (non-hydrogen) atoms. The summed E-state index contributed by atoms with van der Waals surface area (Å²) in [5.74, 6) is 2.45. The standard InChI is InChI=1S/C19H27FOSi/c1-14(2)22(15(3)4,16(5)6)11-10-19(21)13-17-8-7-9-18(20)12-17/h7-9,12,14-16H,13H2,1-6H3. The van der Waals surface area contributed by atoms with Crippen molar-refractivity contribution < 1.29 is 9.18 Å². The Balaban J connectivity index is 3.00. The number of hydrogen-bond donors (Lipinski definition) is 0. The number of ketones is 1. The van der Waals surface area contributed by atoms with Gasteiger partial charge in [0, 0.05) is 6.42 Å². The predicted octanol–water partition coefficient (Wildman–Crippen LogP) is 5.16. The SMILES string of the molecule is CC(C)[Si](C#CC(=O)Cc1cccc(F)c1)(C(C)C)C(C)C. The van der Waals surface area contributed by atoms with Crippen molar-refractivity contribution in [1.82, 2.24) is 0 Å². The van der Waals surface area contributed by atoms with E-state index in [2.05, 4.69) is 53.0 Å². The number of carbonyl (C=O) groups is 1. The lowest BCUT2D eigenvalue weighted by Crippen LogP contribution is -2.43. The smallest absolute Gasteiger partial charge is 0.209 e. The summed E-state index contributed by atoms with van der Waals surface area (Å²) in [4.78, 5) is 12.2. The fourth-order valence-electron chi connectivity index (χ4n) is 3.49. The predicted molar refractivity (Wildman–Crippen MR) is 93.9 cm³/mol. The minimum absolute atomic E-state index is 0.121. The molecule has 0 radical (unpaired) electrons. The van der Waals surface area contributed by atoms with Gasteiger partial charge in [-0.1, -0.05) is 53.7 Å². The molecule has 0 spiro atoms. The van der Waals surface area contributed by atoms with Gasteiger partial charge in [0.25, 0.3) is 0 Å². The zero-order valence-corrected chi connectivity index (χ0v) is 15.5. The second-order valence-corrected chi connectivity index (χ2v) is 12.5. The lowest BCUT2D eigenvalue weighted by Gasteiger charge is -2.37. The van der Waals surface area contributed by atoms with Gasteiger partial charge in [-0.15, -0.1) is 5.54 Å². The number of rotatable bonds is 5. The Morgan fingerprint density at radius 3 is 2.09 bits per heavy atom. The van der Waals surface area contributed by atoms with Gasteiger partial charge in [-0.3, -0.25) is 4.79 Å². The first-order valence-electron chi connectivity index (χ1n) is 8.00. The van der Waals surface area contributed by atoms with Crippen molar-refractivity contribution in [3.05, 3.63) is 35.6 Å². The van der Waals surface area contributed by atoms with E-state index in [-0.39, 0.29) is 18.0 Å². The van der Waals surface area contributed by atoms with E-state index >= 15 is 0 Å². The van der Waals surface area contributed by atoms with Crippen molar-refractivity contribution in [2.75, 3.05) is 0 Å². The van der Waals surface area contributed by atoms with Gasteiger partial charge in [-0.05, 0) is 40.2 Å². The van der Waals surface area contributed by atoms with Crippen LogP contribution < -0.4 is 0 Å². The molecule has 0 N–H and O–H groups in total. The summed E-state index contributed by atoms with van der Waals surface area (Å²) in [7, 11) is -1.87. The molecule has 0 aromatic heterocycles. The van der Waals surface area contributed by atoms with Crippen LogP contribution in [0.15, 0.2) is 24.3 Å². The number of halogens is 1. The van der Waals surface area contributed by atoms with Crippen molar-refractivity contribution in [2.45, 2.75) is 64.6 Å². The van der Waals surface area contributed by atoms with Crippen LogP contribution in [-0.2, 0) is 11.2 Å². The quantitative estimate of drug-likeness (QED) is 0.541. The molecule has 0 saturated heterocycles. The Labute approximate surface area is 135 Å². The molecule has 0 aliphatic heterocycles. The highest BCUT2D eigenvalue weighted by molar-refractivity contribution is 6.90. The van der Waals surface area contributed by atoms with Crippen LogP contribution in [0.2, 0.25) is 16.6 Å². The van der Waals surface area contributed by atoms with E-state index in [1.807, 2.05) is 0 Å². The van der Waals surface area contributed by atoms with E-state index in [1.165, 1.54) is 12.1 Å². The van der Waals surface area contributed by atoms with Crippen LogP contribution in [0.3, 0.4) is 0 Å². The number of carbonyl (C=O) groups excluding carboxylic acids is 1. The monoisotopic (exact) mass is 318 g/mol. The second-order valence-electron chi connectivity index (χ2n) is 6.88. The lowest BCUT2D eigenvalue weighted by molar-refractivity contribution is -0.113. The molecule has 1 aromatic carbocycles. The lowest BCUT2D eigenvalue weighted by atomic mass is 10.1. The van der Waals surface area contributed by atoms with Crippen LogP contribution in [0.1, 0.15) is 47.1 Å². The van der Waals surface area contributed by atoms with Gasteiger partial charge < -0.3 is 0 Å². The van der Waals surface area contributed by atoms with E-state index in [4.69, 9.17) is 0 Å². The van der Waals surface area contributed by atoms with E-state index < -0.39 is 8.07 Å². The third-order valence-corrected chi connectivity index (χ3v) is 10.8. The molecule has 1 nitrogen and oxygen atoms in total. The van der Waals surface area contributed by atoms with E-state index in [1.54, 1.807) is 12.1 Å². The van der Waals surface area contributed by atoms with E-state index in [9.17, 15) is 9.18 Å². The van der Waals surface area contributed by atoms with Gasteiger partial charge in [0.2, 0.25) is 5.78 Å². The van der Waals surface area contributed by atoms with Crippen LogP contribution in [0.25, 0.3) is 0 Å². The topological polar surface area (TPSA) is 17.1 Å². The zero-order chi connectivity index (χ0) is 16.9. The Bertz CT molecular complexity index is 557. The molecule has 0 bridgehead atoms. The molecular formula is C19H27FOSi. The normalized spacial score (nSPS) is 11.7. The molecule has 0 heterocycles. The van der Waals surface area contributed by atoms with Gasteiger partial charge in [-0.25, -0.2) is 4.39 Å². The first-order chi connectivity index (χ1) is 10.2. The fourth-order valence-corrected chi connectivity index (χ4v) is 8.71. The highest BCUT2D eigenvalue weighted by atomic mass is 28.3. The Morgan fingerprint density at radius 2 is 1.64 bits per heavy atom. The first-order valence-corrected chi connectivity index (χ1v) is 10.2. The van der Waals surface area contributed by atoms with Crippen LogP contribution in [0.5, 0.6) is 0 Å². The maximum Gasteiger partial charge on any atom is 0.209 e. The Kier molecular flexibility index (Phi) is 6.56. The molecule has 0 aliphatic carbocycles. The molecule has 0 fully saturated rings. The average molecular weight is 319 g/mol. The Hall–Kier alpha value is -1.40. The Morgan fingerprint density at radius 1 is 1.09 bits per heavy atom. The summed E-state index contributed by atoms with van der Waals surface area (Å²) in [5, 5.41) is 0. The summed E-state index contributed by atoms with van der Waals surface area (Å²) < 4.78 is 13.2. The summed E-state index contributed by atoms with van der Waals surface area (Å²) in [6.45, 7) is 13.3. The molecule has 0 amide bonds. The van der Waals surface area contributed by atoms with Crippen LogP contribution in [0.4, 0.5) is 4.39 Å².